The van der Waals surface area contributed by atoms with E-state index in [1.807, 2.05) is 13.0 Å². The number of carboxylic acid groups (broad SMARTS) is 1. The minimum absolute atomic E-state index is 0.161. The van der Waals surface area contributed by atoms with Gasteiger partial charge >= 0.3 is 5.97 Å². The quantitative estimate of drug-likeness (QED) is 0.652. The van der Waals surface area contributed by atoms with Gasteiger partial charge in [-0.1, -0.05) is 30.3 Å². The Balaban J connectivity index is 2.16. The van der Waals surface area contributed by atoms with Gasteiger partial charge in [-0.05, 0) is 42.8 Å². The van der Waals surface area contributed by atoms with E-state index in [0.717, 1.165) is 5.56 Å². The molecular weight excluding hydrogens is 280 g/mol. The molecule has 2 aromatic carbocycles. The molecule has 0 aliphatic rings. The number of carbonyl (C=O) groups is 2. The highest BCUT2D eigenvalue weighted by Crippen LogP contribution is 2.19. The van der Waals surface area contributed by atoms with Crippen molar-refractivity contribution >= 4 is 17.8 Å². The third kappa shape index (κ3) is 3.82. The van der Waals surface area contributed by atoms with Gasteiger partial charge in [-0.3, -0.25) is 4.79 Å². The van der Waals surface area contributed by atoms with Gasteiger partial charge < -0.3 is 9.84 Å². The molecule has 0 saturated carbocycles. The fraction of sp³-hybridized carbons (Fsp3) is 0.111. The molecule has 112 valence electrons. The lowest BCUT2D eigenvalue weighted by Gasteiger charge is -2.06. The van der Waals surface area contributed by atoms with Crippen LogP contribution in [-0.4, -0.2) is 23.5 Å². The Labute approximate surface area is 128 Å². The number of ether oxygens (including phenoxy) is 1. The molecule has 2 rings (SSSR count). The lowest BCUT2D eigenvalue weighted by atomic mass is 10.1. The van der Waals surface area contributed by atoms with Gasteiger partial charge in [-0.25, -0.2) is 4.79 Å². The summed E-state index contributed by atoms with van der Waals surface area (Å²) in [5.74, 6) is -0.579. The maximum absolute atomic E-state index is 12.2. The summed E-state index contributed by atoms with van der Waals surface area (Å²) in [6.07, 6.45) is 3.10. The van der Waals surface area contributed by atoms with E-state index in [9.17, 15) is 9.59 Å². The van der Waals surface area contributed by atoms with Gasteiger partial charge in [0, 0.05) is 0 Å². The first-order valence-corrected chi connectivity index (χ1v) is 6.89. The molecule has 0 aromatic heterocycles. The Kier molecular flexibility index (Phi) is 5.09. The van der Waals surface area contributed by atoms with Crippen molar-refractivity contribution in [1.29, 1.82) is 0 Å². The number of hydrogen-bond acceptors (Lipinski definition) is 3. The smallest absolute Gasteiger partial charge is 0.335 e. The van der Waals surface area contributed by atoms with Crippen molar-refractivity contribution in [3.63, 3.8) is 0 Å². The maximum atomic E-state index is 12.2. The predicted molar refractivity (Wildman–Crippen MR) is 84.4 cm³/mol. The van der Waals surface area contributed by atoms with Crippen molar-refractivity contribution in [2.75, 3.05) is 6.61 Å². The Morgan fingerprint density at radius 1 is 1.09 bits per heavy atom. The van der Waals surface area contributed by atoms with E-state index in [1.165, 1.54) is 18.2 Å². The second kappa shape index (κ2) is 7.22. The molecule has 4 nitrogen and oxygen atoms in total. The maximum Gasteiger partial charge on any atom is 0.335 e. The van der Waals surface area contributed by atoms with Crippen LogP contribution in [-0.2, 0) is 0 Å². The summed E-state index contributed by atoms with van der Waals surface area (Å²) in [5, 5.41) is 8.84. The Hall–Kier alpha value is -2.88. The Bertz CT molecular complexity index is 699. The van der Waals surface area contributed by atoms with Crippen LogP contribution in [0.3, 0.4) is 0 Å². The summed E-state index contributed by atoms with van der Waals surface area (Å²) >= 11 is 0. The topological polar surface area (TPSA) is 63.6 Å². The van der Waals surface area contributed by atoms with Gasteiger partial charge in [0.05, 0.1) is 17.7 Å². The average Bonchev–Trinajstić information content (AvgIpc) is 2.54. The van der Waals surface area contributed by atoms with Crippen LogP contribution < -0.4 is 4.74 Å². The molecule has 0 unspecified atom stereocenters. The first kappa shape index (κ1) is 15.5. The van der Waals surface area contributed by atoms with Crippen LogP contribution in [0.1, 0.15) is 33.2 Å². The van der Waals surface area contributed by atoms with Gasteiger partial charge in [0.25, 0.3) is 0 Å². The number of hydrogen-bond donors (Lipinski definition) is 1. The van der Waals surface area contributed by atoms with E-state index in [4.69, 9.17) is 9.84 Å². The van der Waals surface area contributed by atoms with Crippen LogP contribution in [0.4, 0.5) is 0 Å². The van der Waals surface area contributed by atoms with Gasteiger partial charge in [0.1, 0.15) is 5.75 Å². The fourth-order valence-electron chi connectivity index (χ4n) is 1.95. The zero-order valence-corrected chi connectivity index (χ0v) is 12.2. The molecule has 0 fully saturated rings. The molecule has 2 aromatic rings. The molecule has 4 heteroatoms. The monoisotopic (exact) mass is 296 g/mol. The summed E-state index contributed by atoms with van der Waals surface area (Å²) in [7, 11) is 0. The molecule has 0 saturated heterocycles. The van der Waals surface area contributed by atoms with Crippen LogP contribution in [0.25, 0.3) is 6.08 Å². The Morgan fingerprint density at radius 2 is 1.77 bits per heavy atom. The van der Waals surface area contributed by atoms with Gasteiger partial charge in [-0.2, -0.15) is 0 Å². The number of aromatic carboxylic acids is 1. The van der Waals surface area contributed by atoms with Gasteiger partial charge in [-0.15, -0.1) is 0 Å². The highest BCUT2D eigenvalue weighted by molar-refractivity contribution is 6.08. The zero-order valence-electron chi connectivity index (χ0n) is 12.2. The summed E-state index contributed by atoms with van der Waals surface area (Å²) < 4.78 is 5.43. The highest BCUT2D eigenvalue weighted by Gasteiger charge is 2.08. The second-order valence-electron chi connectivity index (χ2n) is 4.55. The zero-order chi connectivity index (χ0) is 15.9. The van der Waals surface area contributed by atoms with Crippen LogP contribution in [0.5, 0.6) is 5.75 Å². The first-order valence-electron chi connectivity index (χ1n) is 6.89. The largest absolute Gasteiger partial charge is 0.493 e. The molecule has 22 heavy (non-hydrogen) atoms. The molecular formula is C18H16O4. The molecule has 0 heterocycles. The number of allylic oxidation sites excluding steroid dienone is 1. The lowest BCUT2D eigenvalue weighted by molar-refractivity contribution is 0.0696. The normalized spacial score (nSPS) is 10.6. The van der Waals surface area contributed by atoms with Gasteiger partial charge in [0.15, 0.2) is 5.78 Å². The third-order valence-corrected chi connectivity index (χ3v) is 3.04. The van der Waals surface area contributed by atoms with Crippen LogP contribution >= 0.6 is 0 Å². The molecule has 0 amide bonds. The molecule has 0 radical (unpaired) electrons. The summed E-state index contributed by atoms with van der Waals surface area (Å²) in [6.45, 7) is 2.35. The second-order valence-corrected chi connectivity index (χ2v) is 4.55. The molecule has 0 bridgehead atoms. The predicted octanol–water partition coefficient (Wildman–Crippen LogP) is 3.68. The molecule has 0 aliphatic carbocycles. The van der Waals surface area contributed by atoms with Crippen LogP contribution in [0, 0.1) is 0 Å². The minimum Gasteiger partial charge on any atom is -0.493 e. The van der Waals surface area contributed by atoms with E-state index in [-0.39, 0.29) is 11.3 Å². The molecule has 0 aliphatic heterocycles. The van der Waals surface area contributed by atoms with Crippen molar-refractivity contribution in [3.05, 3.63) is 71.3 Å². The van der Waals surface area contributed by atoms with Gasteiger partial charge in [0.2, 0.25) is 0 Å². The van der Waals surface area contributed by atoms with E-state index in [2.05, 4.69) is 0 Å². The van der Waals surface area contributed by atoms with Crippen molar-refractivity contribution in [1.82, 2.24) is 0 Å². The standard InChI is InChI=1S/C18H16O4/c1-2-22-17-6-4-3-5-15(17)16(19)12-9-13-7-10-14(11-8-13)18(20)21/h3-12H,2H2,1H3,(H,20,21)/b12-9+. The van der Waals surface area contributed by atoms with E-state index in [0.29, 0.717) is 17.9 Å². The van der Waals surface area contributed by atoms with E-state index >= 15 is 0 Å². The van der Waals surface area contributed by atoms with Crippen molar-refractivity contribution in [3.8, 4) is 5.75 Å². The summed E-state index contributed by atoms with van der Waals surface area (Å²) in [6, 6.07) is 13.4. The number of ketones is 1. The number of rotatable bonds is 6. The van der Waals surface area contributed by atoms with Crippen LogP contribution in [0.15, 0.2) is 54.6 Å². The van der Waals surface area contributed by atoms with E-state index < -0.39 is 5.97 Å². The summed E-state index contributed by atoms with van der Waals surface area (Å²) in [4.78, 5) is 23.0. The minimum atomic E-state index is -0.975. The molecule has 1 N–H and O–H groups in total. The molecule has 0 spiro atoms. The fourth-order valence-corrected chi connectivity index (χ4v) is 1.95. The third-order valence-electron chi connectivity index (χ3n) is 3.04. The SMILES string of the molecule is CCOc1ccccc1C(=O)/C=C/c1ccc(C(=O)O)cc1. The number of carboxylic acids is 1. The Morgan fingerprint density at radius 3 is 2.41 bits per heavy atom. The first-order chi connectivity index (χ1) is 10.6. The lowest BCUT2D eigenvalue weighted by Crippen LogP contribution is -2.01. The highest BCUT2D eigenvalue weighted by atomic mass is 16.5. The van der Waals surface area contributed by atoms with Crippen LogP contribution in [0.2, 0.25) is 0 Å². The molecule has 0 atom stereocenters. The van der Waals surface area contributed by atoms with Crippen molar-refractivity contribution in [2.45, 2.75) is 6.92 Å². The summed E-state index contributed by atoms with van der Waals surface area (Å²) in [5.41, 5.74) is 1.47. The van der Waals surface area contributed by atoms with Crippen molar-refractivity contribution < 1.29 is 19.4 Å². The number of benzene rings is 2. The number of carbonyl (C=O) groups excluding carboxylic acids is 1. The van der Waals surface area contributed by atoms with E-state index in [1.54, 1.807) is 36.4 Å². The average molecular weight is 296 g/mol. The number of para-hydroxylation sites is 1. The van der Waals surface area contributed by atoms with Crippen molar-refractivity contribution in [2.24, 2.45) is 0 Å².